The Morgan fingerprint density at radius 1 is 1.55 bits per heavy atom. The molecule has 0 spiro atoms. The van der Waals surface area contributed by atoms with Crippen molar-refractivity contribution in [2.24, 2.45) is 5.73 Å². The third-order valence-electron chi connectivity index (χ3n) is 2.98. The second kappa shape index (κ2) is 8.19. The molecule has 0 saturated heterocycles. The monoisotopic (exact) mass is 304 g/mol. The van der Waals surface area contributed by atoms with Gasteiger partial charge in [-0.15, -0.1) is 12.4 Å². The Morgan fingerprint density at radius 3 is 2.75 bits per heavy atom. The standard InChI is InChI=1S/C14H21FN2O2.ClH/c1-3-7-14(2,16)13(19)17-9-12(18)10-5-4-6-11(15)8-10;/h4-6,8,12,18H,3,7,9,16H2,1-2H3,(H,17,19);1H. The molecule has 0 aliphatic carbocycles. The van der Waals surface area contributed by atoms with Crippen LogP contribution in [-0.4, -0.2) is 23.1 Å². The van der Waals surface area contributed by atoms with E-state index in [9.17, 15) is 14.3 Å². The largest absolute Gasteiger partial charge is 0.387 e. The lowest BCUT2D eigenvalue weighted by molar-refractivity contribution is -0.126. The fraction of sp³-hybridized carbons (Fsp3) is 0.500. The minimum atomic E-state index is -0.948. The number of hydrogen-bond donors (Lipinski definition) is 3. The molecule has 0 aliphatic heterocycles. The molecule has 1 aromatic carbocycles. The zero-order chi connectivity index (χ0) is 14.5. The average molecular weight is 305 g/mol. The Bertz CT molecular complexity index is 441. The van der Waals surface area contributed by atoms with E-state index >= 15 is 0 Å². The van der Waals surface area contributed by atoms with E-state index in [1.54, 1.807) is 13.0 Å². The molecule has 114 valence electrons. The van der Waals surface area contributed by atoms with Crippen molar-refractivity contribution in [2.75, 3.05) is 6.54 Å². The summed E-state index contributed by atoms with van der Waals surface area (Å²) in [5, 5.41) is 12.5. The van der Waals surface area contributed by atoms with E-state index in [2.05, 4.69) is 5.32 Å². The highest BCUT2D eigenvalue weighted by Gasteiger charge is 2.27. The highest BCUT2D eigenvalue weighted by Crippen LogP contribution is 2.14. The number of halogens is 2. The van der Waals surface area contributed by atoms with Gasteiger partial charge in [0.2, 0.25) is 5.91 Å². The van der Waals surface area contributed by atoms with E-state index in [0.717, 1.165) is 6.42 Å². The maximum Gasteiger partial charge on any atom is 0.239 e. The third-order valence-corrected chi connectivity index (χ3v) is 2.98. The van der Waals surface area contributed by atoms with Crippen molar-refractivity contribution >= 4 is 18.3 Å². The summed E-state index contributed by atoms with van der Waals surface area (Å²) in [5.74, 6) is -0.734. The summed E-state index contributed by atoms with van der Waals surface area (Å²) in [4.78, 5) is 11.8. The fourth-order valence-corrected chi connectivity index (χ4v) is 1.86. The molecule has 0 radical (unpaired) electrons. The van der Waals surface area contributed by atoms with Gasteiger partial charge in [0.15, 0.2) is 0 Å². The quantitative estimate of drug-likeness (QED) is 0.751. The first-order valence-corrected chi connectivity index (χ1v) is 6.37. The second-order valence-electron chi connectivity index (χ2n) is 4.95. The van der Waals surface area contributed by atoms with Crippen molar-refractivity contribution in [1.29, 1.82) is 0 Å². The van der Waals surface area contributed by atoms with Crippen LogP contribution in [0.15, 0.2) is 24.3 Å². The molecule has 0 bridgehead atoms. The molecule has 4 N–H and O–H groups in total. The summed E-state index contributed by atoms with van der Waals surface area (Å²) >= 11 is 0. The molecule has 1 aromatic rings. The van der Waals surface area contributed by atoms with Crippen molar-refractivity contribution in [2.45, 2.75) is 38.3 Å². The highest BCUT2D eigenvalue weighted by atomic mass is 35.5. The predicted octanol–water partition coefficient (Wildman–Crippen LogP) is 1.91. The number of aliphatic hydroxyl groups excluding tert-OH is 1. The smallest absolute Gasteiger partial charge is 0.239 e. The third kappa shape index (κ3) is 5.45. The van der Waals surface area contributed by atoms with Crippen LogP contribution in [0.5, 0.6) is 0 Å². The topological polar surface area (TPSA) is 75.4 Å². The van der Waals surface area contributed by atoms with E-state index < -0.39 is 17.5 Å². The van der Waals surface area contributed by atoms with Crippen molar-refractivity contribution in [3.63, 3.8) is 0 Å². The Morgan fingerprint density at radius 2 is 2.20 bits per heavy atom. The molecule has 1 amide bonds. The van der Waals surface area contributed by atoms with E-state index in [1.165, 1.54) is 18.2 Å². The number of amides is 1. The summed E-state index contributed by atoms with van der Waals surface area (Å²) in [6, 6.07) is 5.66. The molecule has 0 heterocycles. The molecule has 2 unspecified atom stereocenters. The number of rotatable bonds is 6. The Kier molecular flexibility index (Phi) is 7.71. The van der Waals surface area contributed by atoms with Crippen LogP contribution in [-0.2, 0) is 4.79 Å². The number of carbonyl (C=O) groups is 1. The van der Waals surface area contributed by atoms with Crippen molar-refractivity contribution in [3.8, 4) is 0 Å². The number of aliphatic hydroxyl groups is 1. The molecule has 6 heteroatoms. The van der Waals surface area contributed by atoms with Crippen LogP contribution in [0.3, 0.4) is 0 Å². The SMILES string of the molecule is CCCC(C)(N)C(=O)NCC(O)c1cccc(F)c1.Cl. The van der Waals surface area contributed by atoms with Gasteiger partial charge in [-0.3, -0.25) is 4.79 Å². The van der Waals surface area contributed by atoms with Crippen LogP contribution in [0.25, 0.3) is 0 Å². The molecule has 20 heavy (non-hydrogen) atoms. The van der Waals surface area contributed by atoms with Gasteiger partial charge in [-0.1, -0.05) is 25.5 Å². The van der Waals surface area contributed by atoms with E-state index in [1.807, 2.05) is 6.92 Å². The van der Waals surface area contributed by atoms with Gasteiger partial charge in [-0.05, 0) is 31.0 Å². The molecule has 2 atom stereocenters. The highest BCUT2D eigenvalue weighted by molar-refractivity contribution is 5.85. The van der Waals surface area contributed by atoms with Crippen LogP contribution < -0.4 is 11.1 Å². The minimum Gasteiger partial charge on any atom is -0.387 e. The van der Waals surface area contributed by atoms with E-state index in [4.69, 9.17) is 5.73 Å². The van der Waals surface area contributed by atoms with Crippen LogP contribution >= 0.6 is 12.4 Å². The number of nitrogens with two attached hydrogens (primary N) is 1. The first-order valence-electron chi connectivity index (χ1n) is 6.37. The first kappa shape index (κ1) is 18.8. The number of nitrogens with one attached hydrogen (secondary N) is 1. The van der Waals surface area contributed by atoms with E-state index in [0.29, 0.717) is 12.0 Å². The molecular weight excluding hydrogens is 283 g/mol. The van der Waals surface area contributed by atoms with Crippen LogP contribution in [0.1, 0.15) is 38.4 Å². The number of benzene rings is 1. The fourth-order valence-electron chi connectivity index (χ4n) is 1.86. The van der Waals surface area contributed by atoms with Crippen LogP contribution in [0.4, 0.5) is 4.39 Å². The first-order chi connectivity index (χ1) is 8.86. The van der Waals surface area contributed by atoms with Gasteiger partial charge < -0.3 is 16.2 Å². The molecule has 4 nitrogen and oxygen atoms in total. The van der Waals surface area contributed by atoms with Gasteiger partial charge in [0.25, 0.3) is 0 Å². The Balaban J connectivity index is 0.00000361. The summed E-state index contributed by atoms with van der Waals surface area (Å²) in [5.41, 5.74) is 5.34. The minimum absolute atomic E-state index is 0. The molecule has 0 fully saturated rings. The molecule has 0 aliphatic rings. The lowest BCUT2D eigenvalue weighted by Crippen LogP contribution is -2.52. The Labute approximate surface area is 125 Å². The predicted molar refractivity (Wildman–Crippen MR) is 79.1 cm³/mol. The zero-order valence-electron chi connectivity index (χ0n) is 11.7. The van der Waals surface area contributed by atoms with Gasteiger partial charge >= 0.3 is 0 Å². The van der Waals surface area contributed by atoms with Crippen molar-refractivity contribution in [3.05, 3.63) is 35.6 Å². The summed E-state index contributed by atoms with van der Waals surface area (Å²) < 4.78 is 13.0. The lowest BCUT2D eigenvalue weighted by atomic mass is 9.96. The summed E-state index contributed by atoms with van der Waals surface area (Å²) in [7, 11) is 0. The van der Waals surface area contributed by atoms with Crippen molar-refractivity contribution in [1.82, 2.24) is 5.32 Å². The van der Waals surface area contributed by atoms with E-state index in [-0.39, 0.29) is 24.9 Å². The molecule has 0 saturated carbocycles. The molecule has 1 rings (SSSR count). The van der Waals surface area contributed by atoms with Gasteiger partial charge in [0, 0.05) is 6.54 Å². The van der Waals surface area contributed by atoms with Crippen LogP contribution in [0, 0.1) is 5.82 Å². The van der Waals surface area contributed by atoms with Gasteiger partial charge in [-0.2, -0.15) is 0 Å². The molecular formula is C14H22ClFN2O2. The maximum absolute atomic E-state index is 13.0. The lowest BCUT2D eigenvalue weighted by Gasteiger charge is -2.23. The van der Waals surface area contributed by atoms with Crippen molar-refractivity contribution < 1.29 is 14.3 Å². The number of carbonyl (C=O) groups excluding carboxylic acids is 1. The normalized spacial score (nSPS) is 14.8. The van der Waals surface area contributed by atoms with Gasteiger partial charge in [0.05, 0.1) is 11.6 Å². The van der Waals surface area contributed by atoms with Gasteiger partial charge in [0.1, 0.15) is 5.82 Å². The summed E-state index contributed by atoms with van der Waals surface area (Å²) in [6.07, 6.45) is 0.416. The average Bonchev–Trinajstić information content (AvgIpc) is 2.35. The second-order valence-corrected chi connectivity index (χ2v) is 4.95. The summed E-state index contributed by atoms with van der Waals surface area (Å²) in [6.45, 7) is 3.61. The Hall–Kier alpha value is -1.17. The zero-order valence-corrected chi connectivity index (χ0v) is 12.5. The van der Waals surface area contributed by atoms with Gasteiger partial charge in [-0.25, -0.2) is 4.39 Å². The number of hydrogen-bond acceptors (Lipinski definition) is 3. The maximum atomic E-state index is 13.0. The van der Waals surface area contributed by atoms with Crippen LogP contribution in [0.2, 0.25) is 0 Å². The molecule has 0 aromatic heterocycles.